The summed E-state index contributed by atoms with van der Waals surface area (Å²) < 4.78 is 5.39. The highest BCUT2D eigenvalue weighted by Crippen LogP contribution is 2.31. The summed E-state index contributed by atoms with van der Waals surface area (Å²) in [5, 5.41) is 20.1. The minimum absolute atomic E-state index is 0.0362. The van der Waals surface area contributed by atoms with Crippen LogP contribution in [0.5, 0.6) is 0 Å². The molecule has 0 radical (unpaired) electrons. The number of aromatic nitrogens is 1. The van der Waals surface area contributed by atoms with E-state index in [1.54, 1.807) is 19.1 Å². The van der Waals surface area contributed by atoms with Crippen molar-refractivity contribution in [2.45, 2.75) is 24.0 Å². The molecule has 19 heavy (non-hydrogen) atoms. The van der Waals surface area contributed by atoms with Gasteiger partial charge < -0.3 is 4.42 Å². The zero-order valence-electron chi connectivity index (χ0n) is 10.2. The quantitative estimate of drug-likeness (QED) is 0.630. The van der Waals surface area contributed by atoms with Crippen molar-refractivity contribution in [3.8, 4) is 6.07 Å². The lowest BCUT2D eigenvalue weighted by Crippen LogP contribution is -1.92. The number of nitro groups is 1. The van der Waals surface area contributed by atoms with E-state index in [4.69, 9.17) is 9.68 Å². The maximum Gasteiger partial charge on any atom is 0.288 e. The molecular formula is C12H9N3O3S. The summed E-state index contributed by atoms with van der Waals surface area (Å²) in [5.41, 5.74) is 0.604. The van der Waals surface area contributed by atoms with Crippen molar-refractivity contribution < 1.29 is 9.34 Å². The second-order valence-corrected chi connectivity index (χ2v) is 4.80. The van der Waals surface area contributed by atoms with Crippen LogP contribution >= 0.6 is 11.8 Å². The predicted octanol–water partition coefficient (Wildman–Crippen LogP) is 3.22. The zero-order chi connectivity index (χ0) is 14.0. The molecule has 0 amide bonds. The van der Waals surface area contributed by atoms with Crippen molar-refractivity contribution in [3.63, 3.8) is 0 Å². The molecule has 2 aromatic rings. The second-order valence-electron chi connectivity index (χ2n) is 3.77. The molecule has 0 atom stereocenters. The van der Waals surface area contributed by atoms with Crippen molar-refractivity contribution in [2.75, 3.05) is 0 Å². The van der Waals surface area contributed by atoms with E-state index in [0.29, 0.717) is 15.9 Å². The van der Waals surface area contributed by atoms with Gasteiger partial charge in [-0.15, -0.1) is 0 Å². The van der Waals surface area contributed by atoms with E-state index in [0.717, 1.165) is 5.69 Å². The Kier molecular flexibility index (Phi) is 3.53. The Morgan fingerprint density at radius 2 is 2.21 bits per heavy atom. The molecule has 0 bridgehead atoms. The number of nitrogens with zero attached hydrogens (tertiary/aromatic N) is 3. The van der Waals surface area contributed by atoms with Crippen molar-refractivity contribution >= 4 is 17.4 Å². The maximum atomic E-state index is 10.8. The Morgan fingerprint density at radius 3 is 2.74 bits per heavy atom. The van der Waals surface area contributed by atoms with Crippen molar-refractivity contribution in [3.05, 3.63) is 45.3 Å². The Bertz CT molecular complexity index is 669. The number of oxazole rings is 1. The highest BCUT2D eigenvalue weighted by Gasteiger charge is 2.16. The summed E-state index contributed by atoms with van der Waals surface area (Å²) in [7, 11) is 0. The number of hydrogen-bond acceptors (Lipinski definition) is 6. The van der Waals surface area contributed by atoms with Crippen molar-refractivity contribution in [1.29, 1.82) is 5.26 Å². The van der Waals surface area contributed by atoms with Crippen molar-refractivity contribution in [2.24, 2.45) is 0 Å². The third kappa shape index (κ3) is 2.74. The molecule has 0 saturated heterocycles. The molecule has 6 nitrogen and oxygen atoms in total. The molecule has 0 fully saturated rings. The average molecular weight is 275 g/mol. The second kappa shape index (κ2) is 5.12. The molecule has 0 spiro atoms. The van der Waals surface area contributed by atoms with Gasteiger partial charge >= 0.3 is 0 Å². The minimum atomic E-state index is -0.575. The molecule has 0 saturated carbocycles. The Morgan fingerprint density at radius 1 is 1.47 bits per heavy atom. The van der Waals surface area contributed by atoms with Crippen LogP contribution in [0.2, 0.25) is 0 Å². The summed E-state index contributed by atoms with van der Waals surface area (Å²) in [6, 6.07) is 6.19. The van der Waals surface area contributed by atoms with Gasteiger partial charge in [-0.1, -0.05) is 0 Å². The fourth-order valence-electron chi connectivity index (χ4n) is 1.41. The zero-order valence-corrected chi connectivity index (χ0v) is 11.0. The first-order valence-electron chi connectivity index (χ1n) is 5.31. The summed E-state index contributed by atoms with van der Waals surface area (Å²) in [5.74, 6) is 0.714. The molecule has 0 aliphatic heterocycles. The molecule has 0 N–H and O–H groups in total. The van der Waals surface area contributed by atoms with Gasteiger partial charge in [-0.3, -0.25) is 10.1 Å². The first kappa shape index (κ1) is 13.1. The number of rotatable bonds is 3. The van der Waals surface area contributed by atoms with Crippen LogP contribution in [-0.2, 0) is 0 Å². The van der Waals surface area contributed by atoms with Gasteiger partial charge in [0.15, 0.2) is 0 Å². The molecule has 1 heterocycles. The minimum Gasteiger partial charge on any atom is -0.436 e. The summed E-state index contributed by atoms with van der Waals surface area (Å²) in [6.45, 7) is 3.62. The number of hydrogen-bond donors (Lipinski definition) is 0. The van der Waals surface area contributed by atoms with E-state index in [2.05, 4.69) is 4.98 Å². The van der Waals surface area contributed by atoms with Crippen LogP contribution < -0.4 is 0 Å². The highest BCUT2D eigenvalue weighted by atomic mass is 32.2. The van der Waals surface area contributed by atoms with E-state index in [1.165, 1.54) is 23.9 Å². The van der Waals surface area contributed by atoms with Crippen LogP contribution in [0.15, 0.2) is 32.7 Å². The number of aryl methyl sites for hydroxylation is 2. The number of nitro benzene ring substituents is 1. The van der Waals surface area contributed by atoms with Crippen LogP contribution in [0.4, 0.5) is 5.69 Å². The van der Waals surface area contributed by atoms with Gasteiger partial charge in [0, 0.05) is 11.0 Å². The largest absolute Gasteiger partial charge is 0.436 e. The fourth-order valence-corrected chi connectivity index (χ4v) is 2.27. The first-order chi connectivity index (χ1) is 9.01. The SMILES string of the molecule is Cc1nc(Sc2ccc(C#N)c([N+](=O)[O-])c2)oc1C. The molecule has 96 valence electrons. The standard InChI is InChI=1S/C12H9N3O3S/c1-7-8(2)18-12(14-7)19-10-4-3-9(6-13)11(5-10)15(16)17/h3-5H,1-2H3. The third-order valence-electron chi connectivity index (χ3n) is 2.50. The van der Waals surface area contributed by atoms with E-state index in [9.17, 15) is 10.1 Å². The predicted molar refractivity (Wildman–Crippen MR) is 67.9 cm³/mol. The maximum absolute atomic E-state index is 10.8. The average Bonchev–Trinajstić information content (AvgIpc) is 2.68. The van der Waals surface area contributed by atoms with Crippen LogP contribution in [0.25, 0.3) is 0 Å². The Balaban J connectivity index is 2.34. The molecule has 1 aromatic heterocycles. The first-order valence-corrected chi connectivity index (χ1v) is 6.13. The van der Waals surface area contributed by atoms with E-state index >= 15 is 0 Å². The highest BCUT2D eigenvalue weighted by molar-refractivity contribution is 7.99. The fraction of sp³-hybridized carbons (Fsp3) is 0.167. The molecule has 0 aliphatic carbocycles. The number of benzene rings is 1. The van der Waals surface area contributed by atoms with Crippen molar-refractivity contribution in [1.82, 2.24) is 4.98 Å². The molecule has 0 aliphatic rings. The van der Waals surface area contributed by atoms with Crippen LogP contribution in [0.3, 0.4) is 0 Å². The van der Waals surface area contributed by atoms with Gasteiger partial charge in [0.25, 0.3) is 10.9 Å². The van der Waals surface area contributed by atoms with E-state index < -0.39 is 4.92 Å². The van der Waals surface area contributed by atoms with Gasteiger partial charge in [0.2, 0.25) is 0 Å². The van der Waals surface area contributed by atoms with Crippen LogP contribution in [0.1, 0.15) is 17.0 Å². The molecule has 1 aromatic carbocycles. The lowest BCUT2D eigenvalue weighted by molar-refractivity contribution is -0.385. The number of nitriles is 1. The molecule has 7 heteroatoms. The summed E-state index contributed by atoms with van der Waals surface area (Å²) in [6.07, 6.45) is 0. The Labute approximate surface area is 113 Å². The van der Waals surface area contributed by atoms with Gasteiger partial charge in [-0.25, -0.2) is 4.98 Å². The van der Waals surface area contributed by atoms with Gasteiger partial charge in [0.05, 0.1) is 10.6 Å². The van der Waals surface area contributed by atoms with E-state index in [-0.39, 0.29) is 11.3 Å². The smallest absolute Gasteiger partial charge is 0.288 e. The van der Waals surface area contributed by atoms with Gasteiger partial charge in [-0.2, -0.15) is 5.26 Å². The lowest BCUT2D eigenvalue weighted by Gasteiger charge is -1.99. The summed E-state index contributed by atoms with van der Waals surface area (Å²) in [4.78, 5) is 15.1. The van der Waals surface area contributed by atoms with Gasteiger partial charge in [0.1, 0.15) is 17.4 Å². The van der Waals surface area contributed by atoms with Crippen LogP contribution in [-0.4, -0.2) is 9.91 Å². The van der Waals surface area contributed by atoms with Crippen LogP contribution in [0, 0.1) is 35.3 Å². The monoisotopic (exact) mass is 275 g/mol. The van der Waals surface area contributed by atoms with Gasteiger partial charge in [-0.05, 0) is 37.7 Å². The Hall–Kier alpha value is -2.33. The lowest BCUT2D eigenvalue weighted by atomic mass is 10.2. The topological polar surface area (TPSA) is 93.0 Å². The molecule has 2 rings (SSSR count). The molecular weight excluding hydrogens is 266 g/mol. The summed E-state index contributed by atoms with van der Waals surface area (Å²) >= 11 is 1.18. The van der Waals surface area contributed by atoms with E-state index in [1.807, 2.05) is 6.92 Å². The molecule has 0 unspecified atom stereocenters. The third-order valence-corrected chi connectivity index (χ3v) is 3.34. The normalized spacial score (nSPS) is 10.2.